The molecule has 0 saturated carbocycles. The molecule has 0 aliphatic heterocycles. The van der Waals surface area contributed by atoms with Crippen LogP contribution in [0.1, 0.15) is 12.8 Å². The van der Waals surface area contributed by atoms with Crippen molar-refractivity contribution in [2.24, 2.45) is 0 Å². The van der Waals surface area contributed by atoms with Crippen LogP contribution < -0.4 is 4.72 Å². The van der Waals surface area contributed by atoms with E-state index in [1.807, 2.05) is 0 Å². The van der Waals surface area contributed by atoms with Crippen LogP contribution in [0.2, 0.25) is 0 Å². The van der Waals surface area contributed by atoms with Crippen molar-refractivity contribution in [2.75, 3.05) is 13.2 Å². The largest absolute Gasteiger partial charge is 0.396 e. The van der Waals surface area contributed by atoms with Crippen LogP contribution in [-0.2, 0) is 10.0 Å². The Bertz CT molecular complexity index is 375. The van der Waals surface area contributed by atoms with Gasteiger partial charge in [0.25, 0.3) is 0 Å². The molecule has 0 bridgehead atoms. The molecule has 0 radical (unpaired) electrons. The van der Waals surface area contributed by atoms with Gasteiger partial charge in [-0.3, -0.25) is 0 Å². The van der Waals surface area contributed by atoms with Crippen molar-refractivity contribution in [3.05, 3.63) is 30.3 Å². The molecule has 0 amide bonds. The quantitative estimate of drug-likeness (QED) is 0.707. The molecule has 0 aromatic heterocycles. The Hall–Kier alpha value is -0.910. The van der Waals surface area contributed by atoms with Gasteiger partial charge in [0.15, 0.2) is 0 Å². The minimum Gasteiger partial charge on any atom is -0.396 e. The van der Waals surface area contributed by atoms with E-state index in [1.165, 1.54) is 0 Å². The van der Waals surface area contributed by atoms with E-state index in [0.717, 1.165) is 0 Å². The average Bonchev–Trinajstić information content (AvgIpc) is 2.26. The molecule has 0 unspecified atom stereocenters. The number of unbranched alkanes of at least 4 members (excludes halogenated alkanes) is 1. The number of hydrogen-bond acceptors (Lipinski definition) is 3. The zero-order chi connectivity index (χ0) is 11.1. The molecule has 15 heavy (non-hydrogen) atoms. The van der Waals surface area contributed by atoms with Gasteiger partial charge in [-0.1, -0.05) is 18.2 Å². The first-order valence-electron chi connectivity index (χ1n) is 4.82. The summed E-state index contributed by atoms with van der Waals surface area (Å²) in [6.45, 7) is 0.449. The highest BCUT2D eigenvalue weighted by Gasteiger charge is 2.11. The fraction of sp³-hybridized carbons (Fsp3) is 0.400. The molecule has 84 valence electrons. The second-order valence-electron chi connectivity index (χ2n) is 3.14. The number of sulfonamides is 1. The first kappa shape index (κ1) is 12.2. The molecule has 4 nitrogen and oxygen atoms in total. The van der Waals surface area contributed by atoms with Gasteiger partial charge in [-0.25, -0.2) is 13.1 Å². The maximum absolute atomic E-state index is 11.6. The first-order chi connectivity index (χ1) is 7.17. The van der Waals surface area contributed by atoms with Gasteiger partial charge in [0.05, 0.1) is 4.90 Å². The summed E-state index contributed by atoms with van der Waals surface area (Å²) < 4.78 is 25.7. The van der Waals surface area contributed by atoms with Crippen LogP contribution in [0, 0.1) is 0 Å². The third-order valence-corrected chi connectivity index (χ3v) is 3.41. The van der Waals surface area contributed by atoms with E-state index < -0.39 is 10.0 Å². The number of aliphatic hydroxyl groups excluding tert-OH is 1. The third kappa shape index (κ3) is 3.99. The smallest absolute Gasteiger partial charge is 0.240 e. The minimum atomic E-state index is -3.37. The van der Waals surface area contributed by atoms with E-state index in [0.29, 0.717) is 19.4 Å². The highest BCUT2D eigenvalue weighted by Crippen LogP contribution is 2.06. The van der Waals surface area contributed by atoms with Crippen LogP contribution in [0.15, 0.2) is 35.2 Å². The highest BCUT2D eigenvalue weighted by atomic mass is 32.2. The Labute approximate surface area is 90.0 Å². The molecule has 0 saturated heterocycles. The molecule has 0 spiro atoms. The summed E-state index contributed by atoms with van der Waals surface area (Å²) >= 11 is 0. The Morgan fingerprint density at radius 3 is 2.40 bits per heavy atom. The zero-order valence-electron chi connectivity index (χ0n) is 8.39. The lowest BCUT2D eigenvalue weighted by Crippen LogP contribution is -2.24. The summed E-state index contributed by atoms with van der Waals surface area (Å²) in [4.78, 5) is 0.272. The Kier molecular flexibility index (Phi) is 4.74. The molecule has 1 aromatic rings. The summed E-state index contributed by atoms with van der Waals surface area (Å²) in [6, 6.07) is 8.23. The standard InChI is InChI=1S/C10H15NO3S/c12-9-5-4-8-11-15(13,14)10-6-2-1-3-7-10/h1-3,6-7,11-12H,4-5,8-9H2. The molecular formula is C10H15NO3S. The molecular weight excluding hydrogens is 214 g/mol. The van der Waals surface area contributed by atoms with Gasteiger partial charge >= 0.3 is 0 Å². The summed E-state index contributed by atoms with van der Waals surface area (Å²) in [6.07, 6.45) is 1.25. The second kappa shape index (κ2) is 5.85. The summed E-state index contributed by atoms with van der Waals surface area (Å²) in [5.74, 6) is 0. The van der Waals surface area contributed by atoms with E-state index in [1.54, 1.807) is 30.3 Å². The fourth-order valence-electron chi connectivity index (χ4n) is 1.13. The number of benzene rings is 1. The Balaban J connectivity index is 2.53. The summed E-state index contributed by atoms with van der Waals surface area (Å²) in [5, 5.41) is 8.54. The van der Waals surface area contributed by atoms with Gasteiger partial charge in [0, 0.05) is 13.2 Å². The Morgan fingerprint density at radius 1 is 1.13 bits per heavy atom. The summed E-state index contributed by atoms with van der Waals surface area (Å²) in [5.41, 5.74) is 0. The minimum absolute atomic E-state index is 0.0903. The molecule has 5 heteroatoms. The number of hydrogen-bond donors (Lipinski definition) is 2. The number of rotatable bonds is 6. The zero-order valence-corrected chi connectivity index (χ0v) is 9.20. The van der Waals surface area contributed by atoms with Gasteiger partial charge in [0.1, 0.15) is 0 Å². The highest BCUT2D eigenvalue weighted by molar-refractivity contribution is 7.89. The van der Waals surface area contributed by atoms with E-state index in [9.17, 15) is 8.42 Å². The molecule has 0 aliphatic carbocycles. The first-order valence-corrected chi connectivity index (χ1v) is 6.31. The molecule has 0 aliphatic rings. The second-order valence-corrected chi connectivity index (χ2v) is 4.91. The van der Waals surface area contributed by atoms with Crippen molar-refractivity contribution in [3.63, 3.8) is 0 Å². The maximum atomic E-state index is 11.6. The van der Waals surface area contributed by atoms with E-state index in [-0.39, 0.29) is 11.5 Å². The van der Waals surface area contributed by atoms with E-state index in [4.69, 9.17) is 5.11 Å². The lowest BCUT2D eigenvalue weighted by molar-refractivity contribution is 0.285. The van der Waals surface area contributed by atoms with Crippen LogP contribution in [-0.4, -0.2) is 26.7 Å². The van der Waals surface area contributed by atoms with Gasteiger partial charge in [-0.05, 0) is 25.0 Å². The van der Waals surface area contributed by atoms with Gasteiger partial charge in [-0.2, -0.15) is 0 Å². The molecule has 1 aromatic carbocycles. The van der Waals surface area contributed by atoms with Crippen molar-refractivity contribution >= 4 is 10.0 Å². The van der Waals surface area contributed by atoms with Crippen LogP contribution in [0.3, 0.4) is 0 Å². The molecule has 2 N–H and O–H groups in total. The van der Waals surface area contributed by atoms with Gasteiger partial charge in [-0.15, -0.1) is 0 Å². The SMILES string of the molecule is O=S(=O)(NCCCCO)c1ccccc1. The van der Waals surface area contributed by atoms with Crippen molar-refractivity contribution in [3.8, 4) is 0 Å². The summed E-state index contributed by atoms with van der Waals surface area (Å²) in [7, 11) is -3.37. The van der Waals surface area contributed by atoms with Crippen molar-refractivity contribution in [1.29, 1.82) is 0 Å². The van der Waals surface area contributed by atoms with Crippen molar-refractivity contribution in [2.45, 2.75) is 17.7 Å². The fourth-order valence-corrected chi connectivity index (χ4v) is 2.22. The molecule has 1 rings (SSSR count). The molecule has 0 atom stereocenters. The topological polar surface area (TPSA) is 66.4 Å². The van der Waals surface area contributed by atoms with Crippen LogP contribution in [0.4, 0.5) is 0 Å². The van der Waals surface area contributed by atoms with Gasteiger partial charge in [0.2, 0.25) is 10.0 Å². The van der Waals surface area contributed by atoms with Gasteiger partial charge < -0.3 is 5.11 Å². The van der Waals surface area contributed by atoms with Crippen LogP contribution in [0.5, 0.6) is 0 Å². The predicted molar refractivity (Wildman–Crippen MR) is 58.0 cm³/mol. The monoisotopic (exact) mass is 229 g/mol. The maximum Gasteiger partial charge on any atom is 0.240 e. The van der Waals surface area contributed by atoms with Crippen molar-refractivity contribution < 1.29 is 13.5 Å². The lowest BCUT2D eigenvalue weighted by atomic mass is 10.3. The normalized spacial score (nSPS) is 11.5. The predicted octanol–water partition coefficient (Wildman–Crippen LogP) is 0.737. The van der Waals surface area contributed by atoms with E-state index in [2.05, 4.69) is 4.72 Å². The number of aliphatic hydroxyl groups is 1. The van der Waals surface area contributed by atoms with Crippen molar-refractivity contribution in [1.82, 2.24) is 4.72 Å². The van der Waals surface area contributed by atoms with Crippen LogP contribution >= 0.6 is 0 Å². The third-order valence-electron chi connectivity index (χ3n) is 1.93. The molecule has 0 heterocycles. The molecule has 0 fully saturated rings. The average molecular weight is 229 g/mol. The van der Waals surface area contributed by atoms with E-state index >= 15 is 0 Å². The lowest BCUT2D eigenvalue weighted by Gasteiger charge is -2.05. The Morgan fingerprint density at radius 2 is 1.80 bits per heavy atom. The van der Waals surface area contributed by atoms with Crippen LogP contribution in [0.25, 0.3) is 0 Å². The number of nitrogens with one attached hydrogen (secondary N) is 1.